The van der Waals surface area contributed by atoms with Crippen molar-refractivity contribution in [1.29, 1.82) is 0 Å². The predicted molar refractivity (Wildman–Crippen MR) is 79.1 cm³/mol. The average Bonchev–Trinajstić information content (AvgIpc) is 3.00. The quantitative estimate of drug-likeness (QED) is 0.941. The summed E-state index contributed by atoms with van der Waals surface area (Å²) >= 11 is 6.16. The molecule has 20 heavy (non-hydrogen) atoms. The van der Waals surface area contributed by atoms with E-state index in [1.807, 2.05) is 30.1 Å². The van der Waals surface area contributed by atoms with Gasteiger partial charge in [-0.1, -0.05) is 11.6 Å². The van der Waals surface area contributed by atoms with E-state index in [9.17, 15) is 0 Å². The number of rotatable bonds is 4. The second-order valence-corrected chi connectivity index (χ2v) is 5.57. The molecule has 1 aliphatic rings. The number of hydrogen-bond donors (Lipinski definition) is 1. The van der Waals surface area contributed by atoms with Crippen molar-refractivity contribution in [2.24, 2.45) is 7.05 Å². The van der Waals surface area contributed by atoms with Crippen molar-refractivity contribution in [2.75, 3.05) is 6.61 Å². The Bertz CT molecular complexity index is 636. The Kier molecular flexibility index (Phi) is 3.68. The van der Waals surface area contributed by atoms with Gasteiger partial charge in [0.1, 0.15) is 5.75 Å². The van der Waals surface area contributed by atoms with Crippen molar-refractivity contribution in [1.82, 2.24) is 15.1 Å². The lowest BCUT2D eigenvalue weighted by Gasteiger charge is -2.10. The van der Waals surface area contributed by atoms with Crippen LogP contribution < -0.4 is 10.1 Å². The third-order valence-corrected chi connectivity index (χ3v) is 4.01. The van der Waals surface area contributed by atoms with Gasteiger partial charge in [-0.2, -0.15) is 5.10 Å². The van der Waals surface area contributed by atoms with Crippen LogP contribution in [0.5, 0.6) is 5.75 Å². The van der Waals surface area contributed by atoms with Crippen molar-refractivity contribution in [3.05, 3.63) is 45.7 Å². The molecule has 0 spiro atoms. The van der Waals surface area contributed by atoms with E-state index in [2.05, 4.69) is 17.3 Å². The standard InChI is InChI=1S/C15H18ClN3O/c1-10-13(9-18-19(10)2)8-17-7-12-6-14(16)5-11-3-4-20-15(11)12/h5-6,9,17H,3-4,7-8H2,1-2H3. The first-order chi connectivity index (χ1) is 9.65. The minimum absolute atomic E-state index is 0.747. The van der Waals surface area contributed by atoms with Crippen molar-refractivity contribution in [2.45, 2.75) is 26.4 Å². The van der Waals surface area contributed by atoms with Crippen LogP contribution in [0.2, 0.25) is 5.02 Å². The molecule has 3 rings (SSSR count). The fourth-order valence-corrected chi connectivity index (χ4v) is 2.79. The Balaban J connectivity index is 1.69. The van der Waals surface area contributed by atoms with E-state index in [0.717, 1.165) is 42.5 Å². The summed E-state index contributed by atoms with van der Waals surface area (Å²) in [5.74, 6) is 1.00. The summed E-state index contributed by atoms with van der Waals surface area (Å²) in [5, 5.41) is 8.46. The van der Waals surface area contributed by atoms with Crippen LogP contribution in [0.1, 0.15) is 22.4 Å². The van der Waals surface area contributed by atoms with Gasteiger partial charge >= 0.3 is 0 Å². The van der Waals surface area contributed by atoms with Crippen LogP contribution >= 0.6 is 11.6 Å². The van der Waals surface area contributed by atoms with Crippen LogP contribution in [0.15, 0.2) is 18.3 Å². The lowest BCUT2D eigenvalue weighted by molar-refractivity contribution is 0.352. The Hall–Kier alpha value is -1.52. The number of fused-ring (bicyclic) bond motifs is 1. The molecule has 0 unspecified atom stereocenters. The number of aromatic nitrogens is 2. The number of ether oxygens (including phenoxy) is 1. The lowest BCUT2D eigenvalue weighted by atomic mass is 10.1. The molecule has 0 amide bonds. The van der Waals surface area contributed by atoms with Crippen molar-refractivity contribution >= 4 is 11.6 Å². The van der Waals surface area contributed by atoms with Crippen LogP contribution in [0, 0.1) is 6.92 Å². The third kappa shape index (κ3) is 2.53. The molecular weight excluding hydrogens is 274 g/mol. The first-order valence-electron chi connectivity index (χ1n) is 6.77. The Labute approximate surface area is 123 Å². The molecule has 0 radical (unpaired) electrons. The maximum absolute atomic E-state index is 6.16. The topological polar surface area (TPSA) is 39.1 Å². The molecule has 1 aromatic heterocycles. The Morgan fingerprint density at radius 1 is 1.35 bits per heavy atom. The first kappa shape index (κ1) is 13.5. The van der Waals surface area contributed by atoms with Gasteiger partial charge in [0, 0.05) is 48.4 Å². The molecule has 0 bridgehead atoms. The molecule has 106 valence electrons. The number of halogens is 1. The van der Waals surface area contributed by atoms with Crippen molar-refractivity contribution in [3.8, 4) is 5.75 Å². The number of benzene rings is 1. The summed E-state index contributed by atoms with van der Waals surface area (Å²) in [6.07, 6.45) is 2.85. The first-order valence-corrected chi connectivity index (χ1v) is 7.15. The molecule has 0 saturated heterocycles. The van der Waals surface area contributed by atoms with Crippen LogP contribution in [0.3, 0.4) is 0 Å². The number of nitrogens with zero attached hydrogens (tertiary/aromatic N) is 2. The zero-order chi connectivity index (χ0) is 14.1. The van der Waals surface area contributed by atoms with E-state index < -0.39 is 0 Å². The second kappa shape index (κ2) is 5.46. The lowest BCUT2D eigenvalue weighted by Crippen LogP contribution is -2.14. The molecule has 0 atom stereocenters. The maximum Gasteiger partial charge on any atom is 0.127 e. The minimum Gasteiger partial charge on any atom is -0.493 e. The van der Waals surface area contributed by atoms with E-state index in [-0.39, 0.29) is 0 Å². The highest BCUT2D eigenvalue weighted by Gasteiger charge is 2.17. The smallest absolute Gasteiger partial charge is 0.127 e. The van der Waals surface area contributed by atoms with E-state index in [4.69, 9.17) is 16.3 Å². The number of nitrogens with one attached hydrogen (secondary N) is 1. The summed E-state index contributed by atoms with van der Waals surface area (Å²) in [6, 6.07) is 3.98. The Morgan fingerprint density at radius 3 is 2.90 bits per heavy atom. The molecular formula is C15H18ClN3O. The minimum atomic E-state index is 0.747. The van der Waals surface area contributed by atoms with Gasteiger partial charge in [-0.3, -0.25) is 4.68 Å². The molecule has 4 nitrogen and oxygen atoms in total. The van der Waals surface area contributed by atoms with E-state index in [1.54, 1.807) is 0 Å². The third-order valence-electron chi connectivity index (χ3n) is 3.79. The average molecular weight is 292 g/mol. The van der Waals surface area contributed by atoms with Gasteiger partial charge in [0.25, 0.3) is 0 Å². The van der Waals surface area contributed by atoms with E-state index in [1.165, 1.54) is 16.8 Å². The maximum atomic E-state index is 6.16. The summed E-state index contributed by atoms with van der Waals surface area (Å²) in [6.45, 7) is 4.37. The highest BCUT2D eigenvalue weighted by Crippen LogP contribution is 2.32. The highest BCUT2D eigenvalue weighted by atomic mass is 35.5. The summed E-state index contributed by atoms with van der Waals surface area (Å²) in [4.78, 5) is 0. The summed E-state index contributed by atoms with van der Waals surface area (Å²) in [7, 11) is 1.95. The molecule has 2 heterocycles. The van der Waals surface area contributed by atoms with Crippen LogP contribution in [0.25, 0.3) is 0 Å². The summed E-state index contributed by atoms with van der Waals surface area (Å²) in [5.41, 5.74) is 4.75. The van der Waals surface area contributed by atoms with Crippen LogP contribution in [0.4, 0.5) is 0 Å². The van der Waals surface area contributed by atoms with Gasteiger partial charge in [0.05, 0.1) is 12.8 Å². The summed E-state index contributed by atoms with van der Waals surface area (Å²) < 4.78 is 7.59. The van der Waals surface area contributed by atoms with Crippen LogP contribution in [-0.4, -0.2) is 16.4 Å². The SMILES string of the molecule is Cc1c(CNCc2cc(Cl)cc3c2OCC3)cnn1C. The largest absolute Gasteiger partial charge is 0.493 e. The molecule has 1 N–H and O–H groups in total. The van der Waals surface area contributed by atoms with Gasteiger partial charge in [0.2, 0.25) is 0 Å². The van der Waals surface area contributed by atoms with Gasteiger partial charge in [-0.15, -0.1) is 0 Å². The van der Waals surface area contributed by atoms with E-state index >= 15 is 0 Å². The number of hydrogen-bond acceptors (Lipinski definition) is 3. The zero-order valence-electron chi connectivity index (χ0n) is 11.7. The van der Waals surface area contributed by atoms with Crippen molar-refractivity contribution in [3.63, 3.8) is 0 Å². The molecule has 2 aromatic rings. The highest BCUT2D eigenvalue weighted by molar-refractivity contribution is 6.30. The number of aryl methyl sites for hydroxylation is 1. The predicted octanol–water partition coefficient (Wildman–Crippen LogP) is 2.61. The van der Waals surface area contributed by atoms with Crippen LogP contribution in [-0.2, 0) is 26.6 Å². The molecule has 0 saturated carbocycles. The molecule has 0 aliphatic carbocycles. The van der Waals surface area contributed by atoms with Crippen molar-refractivity contribution < 1.29 is 4.74 Å². The molecule has 5 heteroatoms. The van der Waals surface area contributed by atoms with Gasteiger partial charge < -0.3 is 10.1 Å². The normalized spacial score (nSPS) is 13.3. The van der Waals surface area contributed by atoms with Gasteiger partial charge in [-0.05, 0) is 24.6 Å². The molecule has 1 aromatic carbocycles. The monoisotopic (exact) mass is 291 g/mol. The van der Waals surface area contributed by atoms with Gasteiger partial charge in [0.15, 0.2) is 0 Å². The Morgan fingerprint density at radius 2 is 2.15 bits per heavy atom. The van der Waals surface area contributed by atoms with E-state index in [0.29, 0.717) is 0 Å². The molecule has 0 fully saturated rings. The van der Waals surface area contributed by atoms with Gasteiger partial charge in [-0.25, -0.2) is 0 Å². The second-order valence-electron chi connectivity index (χ2n) is 5.13. The fraction of sp³-hybridized carbons (Fsp3) is 0.400. The molecule has 1 aliphatic heterocycles. The fourth-order valence-electron chi connectivity index (χ4n) is 2.53. The zero-order valence-corrected chi connectivity index (χ0v) is 12.5.